The van der Waals surface area contributed by atoms with Gasteiger partial charge in [-0.25, -0.2) is 0 Å². The van der Waals surface area contributed by atoms with Gasteiger partial charge in [0.1, 0.15) is 6.10 Å². The van der Waals surface area contributed by atoms with E-state index >= 15 is 0 Å². The fraction of sp³-hybridized carbons (Fsp3) is 0.273. The number of aliphatic hydroxyl groups is 1. The molecule has 15 heavy (non-hydrogen) atoms. The molecule has 2 aromatic rings. The minimum atomic E-state index is -0.771. The van der Waals surface area contributed by atoms with Gasteiger partial charge in [0.15, 0.2) is 0 Å². The molecule has 0 amide bonds. The lowest BCUT2D eigenvalue weighted by molar-refractivity contribution is 0.175. The summed E-state index contributed by atoms with van der Waals surface area (Å²) < 4.78 is 1.63. The number of aliphatic hydroxyl groups excluding tert-OH is 1. The van der Waals surface area contributed by atoms with Crippen molar-refractivity contribution in [2.75, 3.05) is 0 Å². The predicted octanol–water partition coefficient (Wildman–Crippen LogP) is 1.52. The van der Waals surface area contributed by atoms with Gasteiger partial charge in [-0.05, 0) is 6.07 Å². The van der Waals surface area contributed by atoms with Crippen molar-refractivity contribution in [2.45, 2.75) is 12.5 Å². The van der Waals surface area contributed by atoms with Gasteiger partial charge in [-0.15, -0.1) is 0 Å². The molecule has 1 unspecified atom stereocenters. The molecule has 0 aliphatic carbocycles. The largest absolute Gasteiger partial charge is 0.386 e. The first-order valence-electron chi connectivity index (χ1n) is 4.70. The first kappa shape index (κ1) is 9.69. The van der Waals surface area contributed by atoms with Crippen LogP contribution in [0.2, 0.25) is 0 Å². The number of hydrogen-bond donors (Lipinski definition) is 1. The van der Waals surface area contributed by atoms with E-state index in [0.29, 0.717) is 5.69 Å². The second kappa shape index (κ2) is 3.71. The van der Waals surface area contributed by atoms with Gasteiger partial charge in [-0.2, -0.15) is 10.4 Å². The maximum atomic E-state index is 9.80. The Labute approximate surface area is 87.4 Å². The van der Waals surface area contributed by atoms with Gasteiger partial charge in [-0.1, -0.05) is 18.2 Å². The number of fused-ring (bicyclic) bond motifs is 1. The molecule has 0 saturated carbocycles. The zero-order chi connectivity index (χ0) is 10.8. The van der Waals surface area contributed by atoms with E-state index in [4.69, 9.17) is 5.26 Å². The predicted molar refractivity (Wildman–Crippen MR) is 55.9 cm³/mol. The van der Waals surface area contributed by atoms with Crippen LogP contribution in [-0.4, -0.2) is 14.9 Å². The summed E-state index contributed by atoms with van der Waals surface area (Å²) in [7, 11) is 1.77. The van der Waals surface area contributed by atoms with Crippen LogP contribution in [-0.2, 0) is 7.05 Å². The highest BCUT2D eigenvalue weighted by molar-refractivity contribution is 5.81. The number of aryl methyl sites for hydroxylation is 1. The Hall–Kier alpha value is -1.86. The van der Waals surface area contributed by atoms with Crippen LogP contribution in [0.3, 0.4) is 0 Å². The maximum absolute atomic E-state index is 9.80. The third kappa shape index (κ3) is 1.58. The maximum Gasteiger partial charge on any atom is 0.109 e. The summed E-state index contributed by atoms with van der Waals surface area (Å²) in [6.07, 6.45) is -0.684. The van der Waals surface area contributed by atoms with Gasteiger partial charge in [-0.3, -0.25) is 4.68 Å². The minimum absolute atomic E-state index is 0.0868. The summed E-state index contributed by atoms with van der Waals surface area (Å²) in [4.78, 5) is 0. The molecular formula is C11H11N3O. The highest BCUT2D eigenvalue weighted by Crippen LogP contribution is 2.24. The van der Waals surface area contributed by atoms with Crippen LogP contribution in [0.15, 0.2) is 24.3 Å². The molecule has 1 N–H and O–H groups in total. The molecule has 4 heteroatoms. The average molecular weight is 201 g/mol. The van der Waals surface area contributed by atoms with Gasteiger partial charge >= 0.3 is 0 Å². The fourth-order valence-corrected chi connectivity index (χ4v) is 1.75. The molecule has 0 fully saturated rings. The summed E-state index contributed by atoms with van der Waals surface area (Å²) in [5.41, 5.74) is 1.54. The third-order valence-corrected chi connectivity index (χ3v) is 2.39. The summed E-state index contributed by atoms with van der Waals surface area (Å²) in [5, 5.41) is 23.5. The van der Waals surface area contributed by atoms with E-state index in [-0.39, 0.29) is 6.42 Å². The average Bonchev–Trinajstić information content (AvgIpc) is 2.54. The molecule has 0 bridgehead atoms. The Morgan fingerprint density at radius 2 is 2.27 bits per heavy atom. The standard InChI is InChI=1S/C11H11N3O/c1-14-11(10(15)6-7-12)8-4-2-3-5-9(8)13-14/h2-5,10,15H,6H2,1H3. The smallest absolute Gasteiger partial charge is 0.109 e. The molecule has 4 nitrogen and oxygen atoms in total. The van der Waals surface area contributed by atoms with E-state index in [0.717, 1.165) is 10.9 Å². The van der Waals surface area contributed by atoms with E-state index in [1.165, 1.54) is 0 Å². The van der Waals surface area contributed by atoms with Crippen molar-refractivity contribution in [1.82, 2.24) is 9.78 Å². The normalized spacial score (nSPS) is 12.6. The first-order chi connectivity index (χ1) is 7.24. The third-order valence-electron chi connectivity index (χ3n) is 2.39. The lowest BCUT2D eigenvalue weighted by Gasteiger charge is -2.06. The molecule has 1 heterocycles. The van der Waals surface area contributed by atoms with Crippen molar-refractivity contribution >= 4 is 10.9 Å². The van der Waals surface area contributed by atoms with Crippen molar-refractivity contribution in [3.05, 3.63) is 30.0 Å². The molecule has 0 aliphatic heterocycles. The van der Waals surface area contributed by atoms with Crippen LogP contribution in [0, 0.1) is 11.3 Å². The van der Waals surface area contributed by atoms with Gasteiger partial charge in [0, 0.05) is 12.4 Å². The van der Waals surface area contributed by atoms with Gasteiger partial charge in [0.05, 0.1) is 23.7 Å². The molecule has 0 aliphatic rings. The number of nitriles is 1. The Morgan fingerprint density at radius 1 is 1.53 bits per heavy atom. The number of nitrogens with zero attached hydrogens (tertiary/aromatic N) is 3. The lowest BCUT2D eigenvalue weighted by Crippen LogP contribution is -2.04. The van der Waals surface area contributed by atoms with Crippen molar-refractivity contribution in [3.8, 4) is 6.07 Å². The Morgan fingerprint density at radius 3 is 3.00 bits per heavy atom. The van der Waals surface area contributed by atoms with Crippen LogP contribution in [0.25, 0.3) is 10.9 Å². The molecule has 0 saturated heterocycles. The van der Waals surface area contributed by atoms with Crippen molar-refractivity contribution < 1.29 is 5.11 Å². The fourth-order valence-electron chi connectivity index (χ4n) is 1.75. The summed E-state index contributed by atoms with van der Waals surface area (Å²) in [6.45, 7) is 0. The van der Waals surface area contributed by atoms with E-state index in [1.807, 2.05) is 30.3 Å². The molecule has 1 aromatic carbocycles. The van der Waals surface area contributed by atoms with E-state index in [2.05, 4.69) is 5.10 Å². The monoisotopic (exact) mass is 201 g/mol. The van der Waals surface area contributed by atoms with Gasteiger partial charge in [0.25, 0.3) is 0 Å². The molecular weight excluding hydrogens is 190 g/mol. The summed E-state index contributed by atoms with van der Waals surface area (Å²) in [5.74, 6) is 0. The zero-order valence-corrected chi connectivity index (χ0v) is 8.38. The first-order valence-corrected chi connectivity index (χ1v) is 4.70. The molecule has 2 rings (SSSR count). The van der Waals surface area contributed by atoms with E-state index in [9.17, 15) is 5.11 Å². The number of hydrogen-bond acceptors (Lipinski definition) is 3. The van der Waals surface area contributed by atoms with Crippen LogP contribution >= 0.6 is 0 Å². The molecule has 0 spiro atoms. The number of rotatable bonds is 2. The molecule has 1 atom stereocenters. The topological polar surface area (TPSA) is 61.8 Å². The van der Waals surface area contributed by atoms with Crippen molar-refractivity contribution in [3.63, 3.8) is 0 Å². The quantitative estimate of drug-likeness (QED) is 0.801. The Bertz CT molecular complexity index is 524. The van der Waals surface area contributed by atoms with Crippen LogP contribution < -0.4 is 0 Å². The molecule has 1 aromatic heterocycles. The van der Waals surface area contributed by atoms with Crippen molar-refractivity contribution in [1.29, 1.82) is 5.26 Å². The molecule has 0 radical (unpaired) electrons. The summed E-state index contributed by atoms with van der Waals surface area (Å²) in [6, 6.07) is 9.54. The number of aromatic nitrogens is 2. The zero-order valence-electron chi connectivity index (χ0n) is 8.38. The Kier molecular flexibility index (Phi) is 2.40. The molecule has 76 valence electrons. The lowest BCUT2D eigenvalue weighted by atomic mass is 10.1. The van der Waals surface area contributed by atoms with Crippen LogP contribution in [0.5, 0.6) is 0 Å². The van der Waals surface area contributed by atoms with Crippen LogP contribution in [0.4, 0.5) is 0 Å². The highest BCUT2D eigenvalue weighted by Gasteiger charge is 2.16. The number of benzene rings is 1. The van der Waals surface area contributed by atoms with Crippen LogP contribution in [0.1, 0.15) is 18.2 Å². The van der Waals surface area contributed by atoms with E-state index < -0.39 is 6.10 Å². The summed E-state index contributed by atoms with van der Waals surface area (Å²) >= 11 is 0. The van der Waals surface area contributed by atoms with E-state index in [1.54, 1.807) is 11.7 Å². The van der Waals surface area contributed by atoms with Crippen molar-refractivity contribution in [2.24, 2.45) is 7.05 Å². The highest BCUT2D eigenvalue weighted by atomic mass is 16.3. The van der Waals surface area contributed by atoms with Gasteiger partial charge in [0.2, 0.25) is 0 Å². The minimum Gasteiger partial charge on any atom is -0.386 e. The Balaban J connectivity index is 2.59. The SMILES string of the molecule is Cn1nc2ccccc2c1C(O)CC#N. The second-order valence-corrected chi connectivity index (χ2v) is 3.40. The van der Waals surface area contributed by atoms with Gasteiger partial charge < -0.3 is 5.11 Å². The second-order valence-electron chi connectivity index (χ2n) is 3.40.